The van der Waals surface area contributed by atoms with Gasteiger partial charge in [-0.1, -0.05) is 0 Å². The van der Waals surface area contributed by atoms with Crippen molar-refractivity contribution in [3.63, 3.8) is 0 Å². The summed E-state index contributed by atoms with van der Waals surface area (Å²) in [5, 5.41) is 0. The number of hydrogen-bond donors (Lipinski definition) is 2. The Morgan fingerprint density at radius 3 is 2.30 bits per heavy atom. The molecular weight excluding hydrogens is 482 g/mol. The van der Waals surface area contributed by atoms with Crippen LogP contribution in [-0.2, 0) is 9.53 Å². The number of hydrogen-bond acceptors (Lipinski definition) is 4. The molecule has 4 fully saturated rings. The van der Waals surface area contributed by atoms with Crippen molar-refractivity contribution in [3.8, 4) is 0 Å². The Morgan fingerprint density at radius 2 is 1.80 bits per heavy atom. The molecule has 114 valence electrons. The summed E-state index contributed by atoms with van der Waals surface area (Å²) < 4.78 is 12.7. The quantitative estimate of drug-likeness (QED) is 0.154. The fraction of sp³-hybridized carbons (Fsp3) is 0.929. The molecule has 2 saturated carbocycles. The topological polar surface area (TPSA) is 70.2 Å². The van der Waals surface area contributed by atoms with Gasteiger partial charge < -0.3 is 0 Å². The molecule has 2 N–H and O–H groups in total. The number of esters is 1. The van der Waals surface area contributed by atoms with Crippen molar-refractivity contribution in [3.05, 3.63) is 0 Å². The molecular formula is C14H22I2N2O2. The van der Waals surface area contributed by atoms with E-state index < -0.39 is 23.8 Å². The van der Waals surface area contributed by atoms with Gasteiger partial charge in [0.25, 0.3) is 0 Å². The maximum absolute atomic E-state index is 12.8. The van der Waals surface area contributed by atoms with Crippen molar-refractivity contribution in [1.29, 1.82) is 0 Å². The van der Waals surface area contributed by atoms with E-state index in [-0.39, 0.29) is 15.2 Å². The molecule has 0 aromatic heterocycles. The number of fused-ring (bicyclic) bond motifs is 1. The van der Waals surface area contributed by atoms with E-state index in [0.29, 0.717) is 5.92 Å². The molecule has 2 aliphatic carbocycles. The predicted octanol–water partition coefficient (Wildman–Crippen LogP) is 3.42. The van der Waals surface area contributed by atoms with Gasteiger partial charge in [0.15, 0.2) is 0 Å². The molecule has 0 radical (unpaired) electrons. The van der Waals surface area contributed by atoms with Crippen LogP contribution < -0.4 is 7.06 Å². The molecule has 0 aromatic rings. The zero-order valence-corrected chi connectivity index (χ0v) is 16.1. The normalized spacial score (nSPS) is 34.4. The standard InChI is InChI=1S/C14H22I2N2O2/c1-12(15,14-16(17-14)18-14)11(19)20-13(8-4-5-9-13)10-6-2-3-7-10/h10,17-18H,2-9H2,1H3. The van der Waals surface area contributed by atoms with Crippen LogP contribution in [0.3, 0.4) is 0 Å². The third-order valence-electron chi connectivity index (χ3n) is 5.54. The van der Waals surface area contributed by atoms with Crippen molar-refractivity contribution in [2.45, 2.75) is 71.0 Å². The second-order valence-corrected chi connectivity index (χ2v) is 13.2. The number of rotatable bonds is 4. The van der Waals surface area contributed by atoms with Crippen LogP contribution in [0.2, 0.25) is 0 Å². The van der Waals surface area contributed by atoms with Gasteiger partial charge >= 0.3 is 142 Å². The first kappa shape index (κ1) is 14.4. The first-order chi connectivity index (χ1) is 9.50. The summed E-state index contributed by atoms with van der Waals surface area (Å²) in [6, 6.07) is 0. The van der Waals surface area contributed by atoms with Crippen molar-refractivity contribution in [2.24, 2.45) is 5.92 Å². The summed E-state index contributed by atoms with van der Waals surface area (Å²) in [5.74, 6) is 0.636. The second kappa shape index (κ2) is 4.67. The minimum absolute atomic E-state index is 0.00989. The first-order valence-electron chi connectivity index (χ1n) is 7.68. The van der Waals surface area contributed by atoms with Gasteiger partial charge in [-0.15, -0.1) is 0 Å². The van der Waals surface area contributed by atoms with Crippen molar-refractivity contribution in [2.75, 3.05) is 0 Å². The molecule has 0 bridgehead atoms. The van der Waals surface area contributed by atoms with E-state index in [1.165, 1.54) is 38.5 Å². The Balaban J connectivity index is 1.51. The average molecular weight is 504 g/mol. The van der Waals surface area contributed by atoms with Gasteiger partial charge in [-0.25, -0.2) is 0 Å². The van der Waals surface area contributed by atoms with E-state index in [1.807, 2.05) is 6.92 Å². The van der Waals surface area contributed by atoms with Gasteiger partial charge in [-0.05, 0) is 0 Å². The SMILES string of the molecule is CC(I)(C(=O)OC1(C2CCCC2)CCCC1)C12NI1N2. The Hall–Kier alpha value is 0.850. The Bertz CT molecular complexity index is 436. The number of carbonyl (C=O) groups excluding carboxylic acids is 1. The zero-order valence-electron chi connectivity index (χ0n) is 11.8. The third kappa shape index (κ3) is 2.00. The Morgan fingerprint density at radius 1 is 1.25 bits per heavy atom. The minimum atomic E-state index is -1.11. The van der Waals surface area contributed by atoms with Crippen LogP contribution in [0.4, 0.5) is 0 Å². The van der Waals surface area contributed by atoms with Crippen LogP contribution in [-0.4, -0.2) is 18.7 Å². The van der Waals surface area contributed by atoms with E-state index in [9.17, 15) is 4.79 Å². The molecule has 0 spiro atoms. The van der Waals surface area contributed by atoms with E-state index in [1.54, 1.807) is 0 Å². The van der Waals surface area contributed by atoms with Gasteiger partial charge in [0.2, 0.25) is 0 Å². The Labute approximate surface area is 141 Å². The molecule has 0 amide bonds. The molecule has 4 aliphatic rings. The molecule has 20 heavy (non-hydrogen) atoms. The average Bonchev–Trinajstić information content (AvgIpc) is 3.07. The molecule has 1 unspecified atom stereocenters. The molecule has 4 nitrogen and oxygen atoms in total. The maximum atomic E-state index is 12.8. The van der Waals surface area contributed by atoms with Gasteiger partial charge in [0.1, 0.15) is 0 Å². The first-order valence-corrected chi connectivity index (χ1v) is 12.0. The molecule has 6 heteroatoms. The van der Waals surface area contributed by atoms with Crippen LogP contribution in [0.1, 0.15) is 58.3 Å². The number of ether oxygens (including phenoxy) is 1. The number of nitrogens with one attached hydrogen (secondary N) is 2. The van der Waals surface area contributed by atoms with E-state index in [2.05, 4.69) is 29.7 Å². The molecule has 0 aromatic carbocycles. The summed E-state index contributed by atoms with van der Waals surface area (Å²) >= 11 is 1.20. The van der Waals surface area contributed by atoms with Crippen molar-refractivity contribution in [1.82, 2.24) is 7.06 Å². The van der Waals surface area contributed by atoms with E-state index in [4.69, 9.17) is 4.74 Å². The molecule has 4 rings (SSSR count). The zero-order chi connectivity index (χ0) is 14.0. The van der Waals surface area contributed by atoms with Crippen LogP contribution in [0, 0.1) is 5.92 Å². The third-order valence-corrected chi connectivity index (χ3v) is 12.7. The molecule has 2 saturated heterocycles. The summed E-state index contributed by atoms with van der Waals surface area (Å²) in [6.45, 7) is 2.04. The van der Waals surface area contributed by atoms with Gasteiger partial charge in [0.05, 0.1) is 0 Å². The predicted molar refractivity (Wildman–Crippen MR) is 94.7 cm³/mol. The van der Waals surface area contributed by atoms with Gasteiger partial charge in [-0.2, -0.15) is 0 Å². The molecule has 2 heterocycles. The monoisotopic (exact) mass is 504 g/mol. The molecule has 2 aliphatic heterocycles. The van der Waals surface area contributed by atoms with Crippen LogP contribution >= 0.6 is 43.0 Å². The van der Waals surface area contributed by atoms with E-state index in [0.717, 1.165) is 12.8 Å². The van der Waals surface area contributed by atoms with E-state index >= 15 is 0 Å². The van der Waals surface area contributed by atoms with Crippen molar-refractivity contribution >= 4 is 48.9 Å². The van der Waals surface area contributed by atoms with Crippen LogP contribution in [0.15, 0.2) is 0 Å². The number of halogens is 2. The summed E-state index contributed by atoms with van der Waals surface area (Å²) in [7, 11) is 0. The Kier molecular flexibility index (Phi) is 3.37. The molecule has 1 atom stereocenters. The fourth-order valence-electron chi connectivity index (χ4n) is 4.02. The fourth-order valence-corrected chi connectivity index (χ4v) is 11.8. The van der Waals surface area contributed by atoms with Crippen LogP contribution in [0.25, 0.3) is 0 Å². The van der Waals surface area contributed by atoms with Gasteiger partial charge in [-0.3, -0.25) is 0 Å². The van der Waals surface area contributed by atoms with Crippen LogP contribution in [0.5, 0.6) is 0 Å². The summed E-state index contributed by atoms with van der Waals surface area (Å²) in [6.07, 6.45) is 9.77. The number of alkyl halides is 2. The number of carbonyl (C=O) groups is 1. The summed E-state index contributed by atoms with van der Waals surface area (Å²) in [4.78, 5) is 12.8. The van der Waals surface area contributed by atoms with Gasteiger partial charge in [0, 0.05) is 0 Å². The van der Waals surface area contributed by atoms with Crippen molar-refractivity contribution < 1.29 is 9.53 Å². The summed E-state index contributed by atoms with van der Waals surface area (Å²) in [5.41, 5.74) is -0.126. The second-order valence-electron chi connectivity index (χ2n) is 6.78.